The van der Waals surface area contributed by atoms with Crippen molar-refractivity contribution in [1.82, 2.24) is 25.4 Å². The Morgan fingerprint density at radius 3 is 2.48 bits per heavy atom. The smallest absolute Gasteiger partial charge is 0.226 e. The van der Waals surface area contributed by atoms with E-state index in [9.17, 15) is 0 Å². The number of aromatic nitrogens is 3. The van der Waals surface area contributed by atoms with Crippen molar-refractivity contribution in [1.29, 1.82) is 0 Å². The fourth-order valence-electron chi connectivity index (χ4n) is 3.44. The number of para-hydroxylation sites is 1. The quantitative estimate of drug-likeness (QED) is 0.142. The molecular formula is C25H29IN6O. The van der Waals surface area contributed by atoms with E-state index in [0.29, 0.717) is 12.4 Å². The number of aliphatic imine (C=N–C) groups is 1. The predicted octanol–water partition coefficient (Wildman–Crippen LogP) is 4.75. The standard InChI is InChI=1S/C25H28N6O.HI/c1-19-21(17-31(30-19)23-13-7-4-8-14-23)12-9-15-27-25(26-2)28-16-22-18-32-24(29-22)20-10-5-3-6-11-20;/h3-8,10-11,13-14,17-18H,9,12,15-16H2,1-2H3,(H2,26,27,28);1H. The summed E-state index contributed by atoms with van der Waals surface area (Å²) in [5, 5.41) is 11.3. The van der Waals surface area contributed by atoms with Crippen LogP contribution in [0.1, 0.15) is 23.4 Å². The second kappa shape index (κ2) is 12.2. The van der Waals surface area contributed by atoms with Crippen LogP contribution in [0.2, 0.25) is 0 Å². The van der Waals surface area contributed by atoms with E-state index in [1.165, 1.54) is 5.56 Å². The summed E-state index contributed by atoms with van der Waals surface area (Å²) in [4.78, 5) is 8.83. The highest BCUT2D eigenvalue weighted by Gasteiger charge is 2.08. The molecule has 2 heterocycles. The van der Waals surface area contributed by atoms with Crippen molar-refractivity contribution in [3.05, 3.63) is 90.1 Å². The first kappa shape index (κ1) is 24.5. The number of hydrogen-bond donors (Lipinski definition) is 2. The number of guanidine groups is 1. The number of benzene rings is 2. The molecule has 0 bridgehead atoms. The maximum absolute atomic E-state index is 5.59. The van der Waals surface area contributed by atoms with E-state index in [2.05, 4.69) is 51.0 Å². The molecule has 0 saturated carbocycles. The molecule has 172 valence electrons. The zero-order chi connectivity index (χ0) is 22.2. The van der Waals surface area contributed by atoms with Crippen molar-refractivity contribution in [3.63, 3.8) is 0 Å². The lowest BCUT2D eigenvalue weighted by Crippen LogP contribution is -2.37. The second-order valence-electron chi connectivity index (χ2n) is 7.49. The minimum absolute atomic E-state index is 0. The van der Waals surface area contributed by atoms with Gasteiger partial charge in [-0.15, -0.1) is 24.0 Å². The summed E-state index contributed by atoms with van der Waals surface area (Å²) in [5.41, 5.74) is 5.20. The Labute approximate surface area is 211 Å². The Bertz CT molecular complexity index is 1150. The third-order valence-electron chi connectivity index (χ3n) is 5.17. The number of nitrogens with zero attached hydrogens (tertiary/aromatic N) is 4. The van der Waals surface area contributed by atoms with Gasteiger partial charge in [-0.1, -0.05) is 36.4 Å². The van der Waals surface area contributed by atoms with Crippen molar-refractivity contribution < 1.29 is 4.42 Å². The SMILES string of the molecule is CN=C(NCCCc1cn(-c2ccccc2)nc1C)NCc1coc(-c2ccccc2)n1.I. The lowest BCUT2D eigenvalue weighted by molar-refractivity contribution is 0.572. The van der Waals surface area contributed by atoms with Gasteiger partial charge in [-0.05, 0) is 49.6 Å². The van der Waals surface area contributed by atoms with Crippen molar-refractivity contribution in [2.75, 3.05) is 13.6 Å². The Kier molecular flexibility index (Phi) is 9.05. The molecule has 0 fully saturated rings. The van der Waals surface area contributed by atoms with Crippen LogP contribution in [0.4, 0.5) is 0 Å². The molecule has 0 aliphatic carbocycles. The first-order valence-corrected chi connectivity index (χ1v) is 10.8. The van der Waals surface area contributed by atoms with Gasteiger partial charge in [0.25, 0.3) is 0 Å². The molecule has 0 aliphatic rings. The van der Waals surface area contributed by atoms with Gasteiger partial charge in [0.1, 0.15) is 6.26 Å². The molecule has 0 spiro atoms. The molecular weight excluding hydrogens is 527 g/mol. The zero-order valence-electron chi connectivity index (χ0n) is 18.9. The summed E-state index contributed by atoms with van der Waals surface area (Å²) < 4.78 is 7.53. The van der Waals surface area contributed by atoms with Crippen LogP contribution in [0.25, 0.3) is 17.1 Å². The van der Waals surface area contributed by atoms with E-state index in [4.69, 9.17) is 4.42 Å². The second-order valence-corrected chi connectivity index (χ2v) is 7.49. The van der Waals surface area contributed by atoms with E-state index in [1.54, 1.807) is 13.3 Å². The normalized spacial score (nSPS) is 11.2. The number of aryl methyl sites for hydroxylation is 2. The summed E-state index contributed by atoms with van der Waals surface area (Å²) >= 11 is 0. The molecule has 2 aromatic heterocycles. The van der Waals surface area contributed by atoms with Crippen molar-refractivity contribution >= 4 is 29.9 Å². The van der Waals surface area contributed by atoms with E-state index in [-0.39, 0.29) is 24.0 Å². The molecule has 0 aliphatic heterocycles. The third kappa shape index (κ3) is 6.67. The van der Waals surface area contributed by atoms with Crippen LogP contribution in [-0.4, -0.2) is 34.3 Å². The highest BCUT2D eigenvalue weighted by Crippen LogP contribution is 2.17. The Morgan fingerprint density at radius 1 is 1.03 bits per heavy atom. The van der Waals surface area contributed by atoms with Crippen molar-refractivity contribution in [3.8, 4) is 17.1 Å². The topological polar surface area (TPSA) is 80.3 Å². The predicted molar refractivity (Wildman–Crippen MR) is 142 cm³/mol. The van der Waals surface area contributed by atoms with Gasteiger partial charge in [0.15, 0.2) is 5.96 Å². The third-order valence-corrected chi connectivity index (χ3v) is 5.17. The van der Waals surface area contributed by atoms with Crippen LogP contribution in [0.5, 0.6) is 0 Å². The lowest BCUT2D eigenvalue weighted by Gasteiger charge is -2.10. The monoisotopic (exact) mass is 556 g/mol. The summed E-state index contributed by atoms with van der Waals surface area (Å²) in [6.07, 6.45) is 5.72. The van der Waals surface area contributed by atoms with E-state index in [1.807, 2.05) is 53.2 Å². The molecule has 0 saturated heterocycles. The Morgan fingerprint density at radius 2 is 1.76 bits per heavy atom. The number of rotatable bonds is 8. The average molecular weight is 556 g/mol. The molecule has 4 rings (SSSR count). The molecule has 4 aromatic rings. The minimum Gasteiger partial charge on any atom is -0.444 e. The molecule has 0 atom stereocenters. The number of nitrogens with one attached hydrogen (secondary N) is 2. The van der Waals surface area contributed by atoms with Crippen LogP contribution in [0, 0.1) is 6.92 Å². The molecule has 0 amide bonds. The van der Waals surface area contributed by atoms with E-state index < -0.39 is 0 Å². The van der Waals surface area contributed by atoms with Gasteiger partial charge in [0.2, 0.25) is 5.89 Å². The van der Waals surface area contributed by atoms with Crippen molar-refractivity contribution in [2.45, 2.75) is 26.3 Å². The van der Waals surface area contributed by atoms with Crippen LogP contribution >= 0.6 is 24.0 Å². The highest BCUT2D eigenvalue weighted by atomic mass is 127. The van der Waals surface area contributed by atoms with Gasteiger partial charge in [0.05, 0.1) is 23.6 Å². The number of hydrogen-bond acceptors (Lipinski definition) is 4. The Hall–Kier alpha value is -3.14. The van der Waals surface area contributed by atoms with Crippen LogP contribution < -0.4 is 10.6 Å². The van der Waals surface area contributed by atoms with Crippen LogP contribution in [0.15, 0.2) is 82.5 Å². The summed E-state index contributed by atoms with van der Waals surface area (Å²) in [7, 11) is 1.77. The van der Waals surface area contributed by atoms with E-state index in [0.717, 1.165) is 48.0 Å². The van der Waals surface area contributed by atoms with Gasteiger partial charge < -0.3 is 15.1 Å². The molecule has 2 N–H and O–H groups in total. The number of halogens is 1. The van der Waals surface area contributed by atoms with E-state index >= 15 is 0 Å². The molecule has 2 aromatic carbocycles. The zero-order valence-corrected chi connectivity index (χ0v) is 21.2. The van der Waals surface area contributed by atoms with Crippen molar-refractivity contribution in [2.24, 2.45) is 4.99 Å². The van der Waals surface area contributed by atoms with Gasteiger partial charge in [-0.25, -0.2) is 9.67 Å². The summed E-state index contributed by atoms with van der Waals surface area (Å²) in [6.45, 7) is 3.41. The lowest BCUT2D eigenvalue weighted by atomic mass is 10.1. The van der Waals surface area contributed by atoms with Gasteiger partial charge in [0, 0.05) is 25.4 Å². The number of oxazole rings is 1. The van der Waals surface area contributed by atoms with Crippen LogP contribution in [0.3, 0.4) is 0 Å². The highest BCUT2D eigenvalue weighted by molar-refractivity contribution is 14.0. The van der Waals surface area contributed by atoms with Gasteiger partial charge >= 0.3 is 0 Å². The molecule has 0 radical (unpaired) electrons. The largest absolute Gasteiger partial charge is 0.444 e. The molecule has 33 heavy (non-hydrogen) atoms. The average Bonchev–Trinajstić information content (AvgIpc) is 3.46. The first-order valence-electron chi connectivity index (χ1n) is 10.8. The fraction of sp³-hybridized carbons (Fsp3) is 0.240. The minimum atomic E-state index is 0. The van der Waals surface area contributed by atoms with Crippen LogP contribution in [-0.2, 0) is 13.0 Å². The molecule has 7 nitrogen and oxygen atoms in total. The fourth-order valence-corrected chi connectivity index (χ4v) is 3.44. The maximum Gasteiger partial charge on any atom is 0.226 e. The van der Waals surface area contributed by atoms with Gasteiger partial charge in [-0.3, -0.25) is 4.99 Å². The molecule has 8 heteroatoms. The Balaban J connectivity index is 0.00000306. The van der Waals surface area contributed by atoms with Gasteiger partial charge in [-0.2, -0.15) is 5.10 Å². The summed E-state index contributed by atoms with van der Waals surface area (Å²) in [6, 6.07) is 20.1. The summed E-state index contributed by atoms with van der Waals surface area (Å²) in [5.74, 6) is 1.36. The molecule has 0 unspecified atom stereocenters. The maximum atomic E-state index is 5.59. The first-order chi connectivity index (χ1) is 15.7.